The number of unbranched alkanes of at least 4 members (excludes halogenated alkanes) is 1. The number of hydrogen-bond acceptors (Lipinski definition) is 3. The molecule has 0 aliphatic carbocycles. The molecule has 3 nitrogen and oxygen atoms in total. The summed E-state index contributed by atoms with van der Waals surface area (Å²) in [5, 5.41) is 0. The van der Waals surface area contributed by atoms with Crippen molar-refractivity contribution < 1.29 is 0 Å². The largest absolute Gasteiger partial charge is 0.326 e. The third kappa shape index (κ3) is 3.93. The molecule has 0 aromatic carbocycles. The van der Waals surface area contributed by atoms with Crippen LogP contribution in [0.25, 0.3) is 0 Å². The molecule has 1 rings (SSSR count). The van der Waals surface area contributed by atoms with Crippen molar-refractivity contribution >= 4 is 0 Å². The molecule has 1 fully saturated rings. The van der Waals surface area contributed by atoms with Crippen molar-refractivity contribution in [2.24, 2.45) is 5.73 Å². The molecular formula is C12H25N3. The van der Waals surface area contributed by atoms with Crippen LogP contribution in [0.3, 0.4) is 0 Å². The van der Waals surface area contributed by atoms with E-state index in [0.29, 0.717) is 12.1 Å². The van der Waals surface area contributed by atoms with Gasteiger partial charge in [-0.05, 0) is 33.4 Å². The molecule has 3 heteroatoms. The highest BCUT2D eigenvalue weighted by Gasteiger charge is 2.26. The van der Waals surface area contributed by atoms with Crippen LogP contribution in [0.4, 0.5) is 0 Å². The van der Waals surface area contributed by atoms with Crippen molar-refractivity contribution in [3.05, 3.63) is 12.7 Å². The quantitative estimate of drug-likeness (QED) is 0.542. The van der Waals surface area contributed by atoms with Crippen molar-refractivity contribution in [1.29, 1.82) is 0 Å². The average Bonchev–Trinajstić information content (AvgIpc) is 2.22. The molecule has 0 aromatic rings. The summed E-state index contributed by atoms with van der Waals surface area (Å²) >= 11 is 0. The molecule has 1 heterocycles. The molecule has 2 N–H and O–H groups in total. The molecule has 0 radical (unpaired) electrons. The summed E-state index contributed by atoms with van der Waals surface area (Å²) in [6.45, 7) is 7.13. The number of allylic oxidation sites excluding steroid dienone is 1. The van der Waals surface area contributed by atoms with Gasteiger partial charge in [-0.3, -0.25) is 4.90 Å². The highest BCUT2D eigenvalue weighted by Crippen LogP contribution is 2.12. The molecule has 0 bridgehead atoms. The molecule has 1 aliphatic heterocycles. The molecule has 15 heavy (non-hydrogen) atoms. The fourth-order valence-electron chi connectivity index (χ4n) is 2.20. The monoisotopic (exact) mass is 211 g/mol. The molecule has 0 spiro atoms. The van der Waals surface area contributed by atoms with Crippen LogP contribution in [-0.2, 0) is 0 Å². The van der Waals surface area contributed by atoms with Gasteiger partial charge < -0.3 is 10.6 Å². The lowest BCUT2D eigenvalue weighted by Crippen LogP contribution is -2.57. The average molecular weight is 211 g/mol. The molecule has 0 aromatic heterocycles. The first kappa shape index (κ1) is 12.7. The standard InChI is InChI=1S/C12H25N3/c1-4-5-6-7-11(13)12-10-14(2)8-9-15(12)3/h4,11-12H,1,5-10,13H2,2-3H3. The molecule has 1 aliphatic rings. The Balaban J connectivity index is 2.35. The number of rotatable bonds is 5. The number of piperazine rings is 1. The summed E-state index contributed by atoms with van der Waals surface area (Å²) in [6.07, 6.45) is 5.33. The van der Waals surface area contributed by atoms with E-state index in [-0.39, 0.29) is 0 Å². The molecule has 0 amide bonds. The predicted molar refractivity (Wildman–Crippen MR) is 65.9 cm³/mol. The Kier molecular flexibility index (Phi) is 5.29. The van der Waals surface area contributed by atoms with E-state index in [4.69, 9.17) is 5.73 Å². The van der Waals surface area contributed by atoms with Crippen molar-refractivity contribution in [2.45, 2.75) is 31.3 Å². The van der Waals surface area contributed by atoms with E-state index >= 15 is 0 Å². The maximum Gasteiger partial charge on any atom is 0.0371 e. The lowest BCUT2D eigenvalue weighted by atomic mass is 9.99. The third-order valence-corrected chi connectivity index (χ3v) is 3.34. The maximum absolute atomic E-state index is 6.24. The number of hydrogen-bond donors (Lipinski definition) is 1. The van der Waals surface area contributed by atoms with E-state index in [9.17, 15) is 0 Å². The first-order valence-electron chi connectivity index (χ1n) is 5.90. The summed E-state index contributed by atoms with van der Waals surface area (Å²) in [4.78, 5) is 4.77. The minimum atomic E-state index is 0.303. The van der Waals surface area contributed by atoms with Gasteiger partial charge in [0.25, 0.3) is 0 Å². The van der Waals surface area contributed by atoms with Crippen LogP contribution in [0, 0.1) is 0 Å². The van der Waals surface area contributed by atoms with Crippen LogP contribution >= 0.6 is 0 Å². The maximum atomic E-state index is 6.24. The molecule has 88 valence electrons. The normalized spacial score (nSPS) is 26.5. The highest BCUT2D eigenvalue weighted by molar-refractivity contribution is 4.87. The Hall–Kier alpha value is -0.380. The zero-order valence-electron chi connectivity index (χ0n) is 10.2. The van der Waals surface area contributed by atoms with Gasteiger partial charge in [-0.2, -0.15) is 0 Å². The Labute approximate surface area is 93.9 Å². The van der Waals surface area contributed by atoms with E-state index < -0.39 is 0 Å². The zero-order chi connectivity index (χ0) is 11.3. The second-order valence-electron chi connectivity index (χ2n) is 4.69. The van der Waals surface area contributed by atoms with Gasteiger partial charge >= 0.3 is 0 Å². The summed E-state index contributed by atoms with van der Waals surface area (Å²) in [7, 11) is 4.36. The lowest BCUT2D eigenvalue weighted by Gasteiger charge is -2.40. The number of nitrogens with two attached hydrogens (primary N) is 1. The van der Waals surface area contributed by atoms with Crippen LogP contribution in [0.5, 0.6) is 0 Å². The van der Waals surface area contributed by atoms with Gasteiger partial charge in [-0.1, -0.05) is 6.08 Å². The Morgan fingerprint density at radius 1 is 1.47 bits per heavy atom. The first-order valence-corrected chi connectivity index (χ1v) is 5.90. The van der Waals surface area contributed by atoms with Crippen LogP contribution in [-0.4, -0.2) is 55.6 Å². The van der Waals surface area contributed by atoms with Crippen LogP contribution in [0.15, 0.2) is 12.7 Å². The van der Waals surface area contributed by atoms with Crippen LogP contribution in [0.2, 0.25) is 0 Å². The van der Waals surface area contributed by atoms with E-state index in [0.717, 1.165) is 32.5 Å². The van der Waals surface area contributed by atoms with Gasteiger partial charge in [0.15, 0.2) is 0 Å². The molecule has 2 atom stereocenters. The highest BCUT2D eigenvalue weighted by atomic mass is 15.3. The third-order valence-electron chi connectivity index (χ3n) is 3.34. The van der Waals surface area contributed by atoms with Gasteiger partial charge in [0, 0.05) is 31.7 Å². The minimum Gasteiger partial charge on any atom is -0.326 e. The zero-order valence-corrected chi connectivity index (χ0v) is 10.2. The van der Waals surface area contributed by atoms with Crippen LogP contribution < -0.4 is 5.73 Å². The first-order chi connectivity index (χ1) is 7.15. The summed E-state index contributed by atoms with van der Waals surface area (Å²) < 4.78 is 0. The van der Waals surface area contributed by atoms with Crippen LogP contribution in [0.1, 0.15) is 19.3 Å². The number of nitrogens with zero attached hydrogens (tertiary/aromatic N) is 2. The second-order valence-corrected chi connectivity index (χ2v) is 4.69. The van der Waals surface area contributed by atoms with Crippen molar-refractivity contribution in [2.75, 3.05) is 33.7 Å². The fourth-order valence-corrected chi connectivity index (χ4v) is 2.20. The van der Waals surface area contributed by atoms with Crippen molar-refractivity contribution in [1.82, 2.24) is 9.80 Å². The fraction of sp³-hybridized carbons (Fsp3) is 0.833. The predicted octanol–water partition coefficient (Wildman–Crippen LogP) is 0.916. The smallest absolute Gasteiger partial charge is 0.0371 e. The van der Waals surface area contributed by atoms with Crippen molar-refractivity contribution in [3.63, 3.8) is 0 Å². The van der Waals surface area contributed by atoms with E-state index in [1.165, 1.54) is 6.42 Å². The van der Waals surface area contributed by atoms with Gasteiger partial charge in [0.1, 0.15) is 0 Å². The van der Waals surface area contributed by atoms with Crippen molar-refractivity contribution in [3.8, 4) is 0 Å². The summed E-state index contributed by atoms with van der Waals surface area (Å²) in [5.41, 5.74) is 6.24. The molecule has 1 saturated heterocycles. The van der Waals surface area contributed by atoms with E-state index in [2.05, 4.69) is 30.5 Å². The Morgan fingerprint density at radius 2 is 2.20 bits per heavy atom. The van der Waals surface area contributed by atoms with Gasteiger partial charge in [0.2, 0.25) is 0 Å². The number of likely N-dealkylation sites (N-methyl/N-ethyl adjacent to an activating group) is 2. The summed E-state index contributed by atoms with van der Waals surface area (Å²) in [5.74, 6) is 0. The summed E-state index contributed by atoms with van der Waals surface area (Å²) in [6, 6.07) is 0.825. The second kappa shape index (κ2) is 6.26. The molecular weight excluding hydrogens is 186 g/mol. The van der Waals surface area contributed by atoms with Gasteiger partial charge in [-0.25, -0.2) is 0 Å². The van der Waals surface area contributed by atoms with E-state index in [1.807, 2.05) is 6.08 Å². The lowest BCUT2D eigenvalue weighted by molar-refractivity contribution is 0.0949. The van der Waals surface area contributed by atoms with E-state index in [1.54, 1.807) is 0 Å². The van der Waals surface area contributed by atoms with Gasteiger partial charge in [-0.15, -0.1) is 6.58 Å². The molecule has 0 saturated carbocycles. The Morgan fingerprint density at radius 3 is 2.87 bits per heavy atom. The SMILES string of the molecule is C=CCCCC(N)C1CN(C)CCN1C. The molecule has 2 unspecified atom stereocenters. The minimum absolute atomic E-state index is 0.303. The topological polar surface area (TPSA) is 32.5 Å². The Bertz CT molecular complexity index is 193. The van der Waals surface area contributed by atoms with Gasteiger partial charge in [0.05, 0.1) is 0 Å².